The van der Waals surface area contributed by atoms with Crippen LogP contribution in [0.4, 0.5) is 0 Å². The molecule has 0 atom stereocenters. The van der Waals surface area contributed by atoms with E-state index in [-0.39, 0.29) is 11.4 Å². The molecule has 0 spiro atoms. The molecule has 0 saturated heterocycles. The fraction of sp³-hybridized carbons (Fsp3) is 0.588. The van der Waals surface area contributed by atoms with Crippen molar-refractivity contribution in [3.63, 3.8) is 0 Å². The Morgan fingerprint density at radius 1 is 1.14 bits per heavy atom. The first-order valence-electron chi connectivity index (χ1n) is 7.66. The van der Waals surface area contributed by atoms with Crippen molar-refractivity contribution in [1.29, 1.82) is 0 Å². The van der Waals surface area contributed by atoms with Crippen molar-refractivity contribution in [2.45, 2.75) is 37.8 Å². The van der Waals surface area contributed by atoms with E-state index < -0.39 is 0 Å². The van der Waals surface area contributed by atoms with Crippen LogP contribution in [0.5, 0.6) is 0 Å². The van der Waals surface area contributed by atoms with Gasteiger partial charge in [0.2, 0.25) is 5.91 Å². The average Bonchev–Trinajstić information content (AvgIpc) is 2.42. The number of rotatable bonds is 6. The molecule has 0 bridgehead atoms. The van der Waals surface area contributed by atoms with Crippen LogP contribution in [0.25, 0.3) is 0 Å². The molecule has 0 radical (unpaired) electrons. The van der Waals surface area contributed by atoms with Crippen LogP contribution in [0.2, 0.25) is 0 Å². The molecule has 0 unspecified atom stereocenters. The van der Waals surface area contributed by atoms with Crippen LogP contribution >= 0.6 is 0 Å². The number of hydrogen-bond acceptors (Lipinski definition) is 3. The highest BCUT2D eigenvalue weighted by Gasteiger charge is 2.40. The van der Waals surface area contributed by atoms with Crippen LogP contribution in [0.3, 0.4) is 0 Å². The molecule has 2 rings (SSSR count). The molecule has 1 aliphatic carbocycles. The zero-order valence-electron chi connectivity index (χ0n) is 13.4. The molecule has 116 valence electrons. The van der Waals surface area contributed by atoms with E-state index in [1.54, 1.807) is 0 Å². The van der Waals surface area contributed by atoms with Gasteiger partial charge in [-0.2, -0.15) is 0 Å². The van der Waals surface area contributed by atoms with Crippen molar-refractivity contribution >= 4 is 5.91 Å². The first-order valence-corrected chi connectivity index (χ1v) is 7.66. The van der Waals surface area contributed by atoms with Gasteiger partial charge < -0.3 is 15.5 Å². The minimum absolute atomic E-state index is 0.184. The zero-order chi connectivity index (χ0) is 15.5. The summed E-state index contributed by atoms with van der Waals surface area (Å²) < 4.78 is 0. The normalized spacial score (nSPS) is 16.6. The first kappa shape index (κ1) is 16.0. The largest absolute Gasteiger partial charge is 0.344 e. The van der Waals surface area contributed by atoms with Crippen molar-refractivity contribution < 1.29 is 4.79 Å². The highest BCUT2D eigenvalue weighted by molar-refractivity contribution is 5.78. The first-order chi connectivity index (χ1) is 9.97. The Morgan fingerprint density at radius 2 is 1.71 bits per heavy atom. The fourth-order valence-corrected chi connectivity index (χ4v) is 2.96. The summed E-state index contributed by atoms with van der Waals surface area (Å²) in [6.45, 7) is 1.36. The van der Waals surface area contributed by atoms with Gasteiger partial charge in [0.15, 0.2) is 0 Å². The van der Waals surface area contributed by atoms with Gasteiger partial charge in [0, 0.05) is 25.7 Å². The summed E-state index contributed by atoms with van der Waals surface area (Å²) in [7, 11) is 6.15. The van der Waals surface area contributed by atoms with Crippen molar-refractivity contribution in [1.82, 2.24) is 9.80 Å². The Balaban J connectivity index is 1.92. The van der Waals surface area contributed by atoms with E-state index in [1.165, 1.54) is 19.3 Å². The van der Waals surface area contributed by atoms with E-state index in [1.807, 2.05) is 36.2 Å². The summed E-state index contributed by atoms with van der Waals surface area (Å²) in [6, 6.07) is 7.99. The molecular weight excluding hydrogens is 262 g/mol. The Bertz CT molecular complexity index is 477. The topological polar surface area (TPSA) is 49.6 Å². The summed E-state index contributed by atoms with van der Waals surface area (Å²) in [6.07, 6.45) is 4.09. The SMILES string of the molecule is CN(CC1(N(C)C)CCC1)C(=O)Cc1ccc(CN)cc1. The lowest BCUT2D eigenvalue weighted by Crippen LogP contribution is -2.57. The van der Waals surface area contributed by atoms with Gasteiger partial charge in [-0.1, -0.05) is 24.3 Å². The Morgan fingerprint density at radius 3 is 2.14 bits per heavy atom. The highest BCUT2D eigenvalue weighted by Crippen LogP contribution is 2.36. The lowest BCUT2D eigenvalue weighted by molar-refractivity contribution is -0.131. The molecule has 1 aromatic rings. The van der Waals surface area contributed by atoms with E-state index in [0.29, 0.717) is 13.0 Å². The van der Waals surface area contributed by atoms with Crippen LogP contribution in [-0.2, 0) is 17.8 Å². The quantitative estimate of drug-likeness (QED) is 0.866. The molecular formula is C17H27N3O. The minimum atomic E-state index is 0.184. The maximum Gasteiger partial charge on any atom is 0.226 e. The minimum Gasteiger partial charge on any atom is -0.344 e. The third kappa shape index (κ3) is 3.63. The molecule has 21 heavy (non-hydrogen) atoms. The summed E-state index contributed by atoms with van der Waals surface area (Å²) in [4.78, 5) is 16.5. The predicted octanol–water partition coefficient (Wildman–Crippen LogP) is 1.63. The third-order valence-electron chi connectivity index (χ3n) is 4.80. The van der Waals surface area contributed by atoms with Crippen LogP contribution in [0.1, 0.15) is 30.4 Å². The number of nitrogens with two attached hydrogens (primary N) is 1. The number of carbonyl (C=O) groups is 1. The van der Waals surface area contributed by atoms with Gasteiger partial charge in [0.1, 0.15) is 0 Å². The molecule has 1 amide bonds. The second kappa shape index (κ2) is 6.58. The summed E-state index contributed by atoms with van der Waals surface area (Å²) >= 11 is 0. The number of likely N-dealkylation sites (N-methyl/N-ethyl adjacent to an activating group) is 2. The Kier molecular flexibility index (Phi) is 5.01. The van der Waals surface area contributed by atoms with Gasteiger partial charge in [-0.15, -0.1) is 0 Å². The molecule has 1 saturated carbocycles. The molecule has 0 heterocycles. The number of amides is 1. The standard InChI is InChI=1S/C17H27N3O/c1-19(2)17(9-4-10-17)13-20(3)16(21)11-14-5-7-15(12-18)8-6-14/h5-8H,4,9-13,18H2,1-3H3. The second-order valence-corrected chi connectivity index (χ2v) is 6.42. The molecule has 4 heteroatoms. The summed E-state index contributed by atoms with van der Waals surface area (Å²) in [5.74, 6) is 0.184. The van der Waals surface area contributed by atoms with Crippen molar-refractivity contribution in [2.24, 2.45) is 5.73 Å². The van der Waals surface area contributed by atoms with Gasteiger partial charge in [-0.05, 0) is 44.5 Å². The van der Waals surface area contributed by atoms with Crippen molar-refractivity contribution in [3.8, 4) is 0 Å². The van der Waals surface area contributed by atoms with Crippen LogP contribution in [0, 0.1) is 0 Å². The fourth-order valence-electron chi connectivity index (χ4n) is 2.96. The summed E-state index contributed by atoms with van der Waals surface area (Å²) in [5, 5.41) is 0. The van der Waals surface area contributed by atoms with Crippen LogP contribution in [-0.4, -0.2) is 48.9 Å². The Labute approximate surface area is 127 Å². The maximum atomic E-state index is 12.4. The highest BCUT2D eigenvalue weighted by atomic mass is 16.2. The second-order valence-electron chi connectivity index (χ2n) is 6.42. The van der Waals surface area contributed by atoms with E-state index in [0.717, 1.165) is 17.7 Å². The van der Waals surface area contributed by atoms with E-state index in [2.05, 4.69) is 19.0 Å². The van der Waals surface area contributed by atoms with Crippen LogP contribution < -0.4 is 5.73 Å². The van der Waals surface area contributed by atoms with Gasteiger partial charge in [0.05, 0.1) is 6.42 Å². The average molecular weight is 289 g/mol. The van der Waals surface area contributed by atoms with Crippen molar-refractivity contribution in [3.05, 3.63) is 35.4 Å². The van der Waals surface area contributed by atoms with E-state index in [9.17, 15) is 4.79 Å². The number of hydrogen-bond donors (Lipinski definition) is 1. The molecule has 0 aromatic heterocycles. The van der Waals surface area contributed by atoms with E-state index in [4.69, 9.17) is 5.73 Å². The smallest absolute Gasteiger partial charge is 0.226 e. The molecule has 1 fully saturated rings. The van der Waals surface area contributed by atoms with Crippen LogP contribution in [0.15, 0.2) is 24.3 Å². The van der Waals surface area contributed by atoms with E-state index >= 15 is 0 Å². The van der Waals surface area contributed by atoms with Crippen molar-refractivity contribution in [2.75, 3.05) is 27.7 Å². The molecule has 1 aliphatic rings. The van der Waals surface area contributed by atoms with Gasteiger partial charge in [-0.3, -0.25) is 4.79 Å². The van der Waals surface area contributed by atoms with Gasteiger partial charge in [0.25, 0.3) is 0 Å². The lowest BCUT2D eigenvalue weighted by Gasteiger charge is -2.49. The molecule has 4 nitrogen and oxygen atoms in total. The monoisotopic (exact) mass is 289 g/mol. The Hall–Kier alpha value is -1.39. The van der Waals surface area contributed by atoms with Gasteiger partial charge >= 0.3 is 0 Å². The third-order valence-corrected chi connectivity index (χ3v) is 4.80. The summed E-state index contributed by atoms with van der Waals surface area (Å²) in [5.41, 5.74) is 7.93. The number of nitrogens with zero attached hydrogens (tertiary/aromatic N) is 2. The maximum absolute atomic E-state index is 12.4. The zero-order valence-corrected chi connectivity index (χ0v) is 13.4. The number of benzene rings is 1. The molecule has 2 N–H and O–H groups in total. The molecule has 1 aromatic carbocycles. The van der Waals surface area contributed by atoms with Gasteiger partial charge in [-0.25, -0.2) is 0 Å². The lowest BCUT2D eigenvalue weighted by atomic mass is 9.75. The molecule has 0 aliphatic heterocycles. The predicted molar refractivity (Wildman–Crippen MR) is 85.9 cm³/mol. The number of carbonyl (C=O) groups excluding carboxylic acids is 1.